The molecule has 1 aliphatic rings. The van der Waals surface area contributed by atoms with Crippen molar-refractivity contribution in [3.63, 3.8) is 0 Å². The lowest BCUT2D eigenvalue weighted by Gasteiger charge is -2.35. The Bertz CT molecular complexity index is 371. The highest BCUT2D eigenvalue weighted by Crippen LogP contribution is 2.21. The number of hydrogen-bond acceptors (Lipinski definition) is 3. The van der Waals surface area contributed by atoms with Gasteiger partial charge >= 0.3 is 0 Å². The average molecular weight is 216 g/mol. The van der Waals surface area contributed by atoms with Gasteiger partial charge in [-0.2, -0.15) is 5.26 Å². The van der Waals surface area contributed by atoms with Gasteiger partial charge in [-0.05, 0) is 12.5 Å². The molecule has 0 aromatic heterocycles. The monoisotopic (exact) mass is 216 g/mol. The van der Waals surface area contributed by atoms with Gasteiger partial charge in [0.25, 0.3) is 0 Å². The summed E-state index contributed by atoms with van der Waals surface area (Å²) in [6.45, 7) is 2.68. The SMILES string of the molecule is C[C@@H]1OC[C@@H](c2ccccc2)N[C@@H]1CC#N. The number of benzene rings is 1. The van der Waals surface area contributed by atoms with Crippen molar-refractivity contribution in [3.8, 4) is 6.07 Å². The second-order valence-corrected chi connectivity index (χ2v) is 4.14. The van der Waals surface area contributed by atoms with E-state index in [1.165, 1.54) is 5.56 Å². The molecule has 0 unspecified atom stereocenters. The molecular formula is C13H16N2O. The van der Waals surface area contributed by atoms with Gasteiger partial charge in [-0.15, -0.1) is 0 Å². The normalized spacial score (nSPS) is 29.6. The van der Waals surface area contributed by atoms with Gasteiger partial charge in [0.05, 0.1) is 31.2 Å². The second kappa shape index (κ2) is 5.11. The van der Waals surface area contributed by atoms with Crippen LogP contribution in [-0.4, -0.2) is 18.8 Å². The Hall–Kier alpha value is -1.37. The molecule has 0 radical (unpaired) electrons. The predicted molar refractivity (Wildman–Crippen MR) is 61.8 cm³/mol. The Balaban J connectivity index is 2.06. The first-order chi connectivity index (χ1) is 7.81. The molecule has 1 aromatic carbocycles. The fourth-order valence-corrected chi connectivity index (χ4v) is 2.01. The summed E-state index contributed by atoms with van der Waals surface area (Å²) in [5, 5.41) is 12.2. The van der Waals surface area contributed by atoms with Gasteiger partial charge in [-0.3, -0.25) is 0 Å². The fourth-order valence-electron chi connectivity index (χ4n) is 2.01. The van der Waals surface area contributed by atoms with E-state index in [1.807, 2.05) is 25.1 Å². The maximum absolute atomic E-state index is 8.75. The summed E-state index contributed by atoms with van der Waals surface area (Å²) >= 11 is 0. The van der Waals surface area contributed by atoms with E-state index in [-0.39, 0.29) is 18.2 Å². The van der Waals surface area contributed by atoms with E-state index in [0.717, 1.165) is 0 Å². The van der Waals surface area contributed by atoms with E-state index >= 15 is 0 Å². The summed E-state index contributed by atoms with van der Waals surface area (Å²) in [5.41, 5.74) is 1.22. The van der Waals surface area contributed by atoms with Crippen molar-refractivity contribution in [1.29, 1.82) is 5.26 Å². The van der Waals surface area contributed by atoms with Crippen molar-refractivity contribution in [2.75, 3.05) is 6.61 Å². The molecule has 2 rings (SSSR count). The molecule has 0 aliphatic carbocycles. The Labute approximate surface area is 96.0 Å². The lowest BCUT2D eigenvalue weighted by Crippen LogP contribution is -2.48. The summed E-state index contributed by atoms with van der Waals surface area (Å²) in [6, 6.07) is 12.7. The fraction of sp³-hybridized carbons (Fsp3) is 0.462. The summed E-state index contributed by atoms with van der Waals surface area (Å²) in [4.78, 5) is 0. The van der Waals surface area contributed by atoms with Crippen molar-refractivity contribution in [3.05, 3.63) is 35.9 Å². The Kier molecular flexibility index (Phi) is 3.55. The predicted octanol–water partition coefficient (Wildman–Crippen LogP) is 2.02. The summed E-state index contributed by atoms with van der Waals surface area (Å²) in [5.74, 6) is 0. The zero-order valence-electron chi connectivity index (χ0n) is 9.39. The highest BCUT2D eigenvalue weighted by Gasteiger charge is 2.27. The van der Waals surface area contributed by atoms with Gasteiger partial charge in [-0.25, -0.2) is 0 Å². The van der Waals surface area contributed by atoms with Crippen LogP contribution in [0.1, 0.15) is 24.9 Å². The molecule has 1 heterocycles. The lowest BCUT2D eigenvalue weighted by molar-refractivity contribution is -0.0161. The van der Waals surface area contributed by atoms with Crippen molar-refractivity contribution in [1.82, 2.24) is 5.32 Å². The third-order valence-corrected chi connectivity index (χ3v) is 3.02. The number of ether oxygens (including phenoxy) is 1. The van der Waals surface area contributed by atoms with Gasteiger partial charge in [0.1, 0.15) is 0 Å². The number of nitrogens with one attached hydrogen (secondary N) is 1. The first kappa shape index (κ1) is 11.1. The number of hydrogen-bond donors (Lipinski definition) is 1. The highest BCUT2D eigenvalue weighted by molar-refractivity contribution is 5.19. The Morgan fingerprint density at radius 3 is 2.88 bits per heavy atom. The molecule has 0 spiro atoms. The molecule has 84 valence electrons. The van der Waals surface area contributed by atoms with Crippen molar-refractivity contribution >= 4 is 0 Å². The van der Waals surface area contributed by atoms with Gasteiger partial charge in [0.2, 0.25) is 0 Å². The first-order valence-electron chi connectivity index (χ1n) is 5.61. The quantitative estimate of drug-likeness (QED) is 0.822. The molecule has 3 atom stereocenters. The van der Waals surface area contributed by atoms with Crippen LogP contribution in [0, 0.1) is 11.3 Å². The number of morpholine rings is 1. The molecule has 0 saturated carbocycles. The van der Waals surface area contributed by atoms with Crippen LogP contribution in [0.3, 0.4) is 0 Å². The summed E-state index contributed by atoms with van der Waals surface area (Å²) < 4.78 is 5.70. The zero-order valence-corrected chi connectivity index (χ0v) is 9.39. The summed E-state index contributed by atoms with van der Waals surface area (Å²) in [6.07, 6.45) is 0.601. The van der Waals surface area contributed by atoms with Crippen LogP contribution in [0.2, 0.25) is 0 Å². The topological polar surface area (TPSA) is 45.0 Å². The molecule has 3 nitrogen and oxygen atoms in total. The minimum atomic E-state index is 0.111. The smallest absolute Gasteiger partial charge is 0.0711 e. The maximum atomic E-state index is 8.75. The van der Waals surface area contributed by atoms with Crippen LogP contribution >= 0.6 is 0 Å². The molecule has 1 fully saturated rings. The molecule has 1 aromatic rings. The molecular weight excluding hydrogens is 200 g/mol. The van der Waals surface area contributed by atoms with Crippen LogP contribution in [0.25, 0.3) is 0 Å². The van der Waals surface area contributed by atoms with E-state index in [9.17, 15) is 0 Å². The molecule has 1 N–H and O–H groups in total. The second-order valence-electron chi connectivity index (χ2n) is 4.14. The van der Waals surface area contributed by atoms with Crippen LogP contribution in [0.15, 0.2) is 30.3 Å². The van der Waals surface area contributed by atoms with Crippen molar-refractivity contribution in [2.24, 2.45) is 0 Å². The maximum Gasteiger partial charge on any atom is 0.0711 e. The van der Waals surface area contributed by atoms with E-state index in [1.54, 1.807) is 0 Å². The third kappa shape index (κ3) is 2.41. The molecule has 16 heavy (non-hydrogen) atoms. The average Bonchev–Trinajstić information content (AvgIpc) is 2.33. The molecule has 1 saturated heterocycles. The molecule has 1 aliphatic heterocycles. The van der Waals surface area contributed by atoms with Crippen LogP contribution in [-0.2, 0) is 4.74 Å². The van der Waals surface area contributed by atoms with E-state index in [4.69, 9.17) is 10.00 Å². The van der Waals surface area contributed by atoms with E-state index < -0.39 is 0 Å². The van der Waals surface area contributed by atoms with Gasteiger partial charge in [0, 0.05) is 6.04 Å². The molecule has 0 amide bonds. The number of nitrogens with zero attached hydrogens (tertiary/aromatic N) is 1. The van der Waals surface area contributed by atoms with Crippen molar-refractivity contribution in [2.45, 2.75) is 31.5 Å². The Morgan fingerprint density at radius 2 is 2.19 bits per heavy atom. The molecule has 3 heteroatoms. The van der Waals surface area contributed by atoms with Crippen LogP contribution in [0.5, 0.6) is 0 Å². The van der Waals surface area contributed by atoms with Crippen LogP contribution < -0.4 is 5.32 Å². The third-order valence-electron chi connectivity index (χ3n) is 3.02. The number of rotatable bonds is 2. The standard InChI is InChI=1S/C13H16N2O/c1-10-12(7-8-14)15-13(9-16-10)11-5-3-2-4-6-11/h2-6,10,12-13,15H,7,9H2,1H3/t10-,12+,13-/m0/s1. The zero-order chi connectivity index (χ0) is 11.4. The van der Waals surface area contributed by atoms with Gasteiger partial charge in [-0.1, -0.05) is 30.3 Å². The van der Waals surface area contributed by atoms with E-state index in [0.29, 0.717) is 13.0 Å². The minimum Gasteiger partial charge on any atom is -0.375 e. The largest absolute Gasteiger partial charge is 0.375 e. The van der Waals surface area contributed by atoms with Gasteiger partial charge in [0.15, 0.2) is 0 Å². The number of nitriles is 1. The first-order valence-corrected chi connectivity index (χ1v) is 5.61. The lowest BCUT2D eigenvalue weighted by atomic mass is 10.0. The Morgan fingerprint density at radius 1 is 1.44 bits per heavy atom. The summed E-state index contributed by atoms with van der Waals surface area (Å²) in [7, 11) is 0. The minimum absolute atomic E-state index is 0.111. The molecule has 0 bridgehead atoms. The van der Waals surface area contributed by atoms with Gasteiger partial charge < -0.3 is 10.1 Å². The van der Waals surface area contributed by atoms with Crippen LogP contribution in [0.4, 0.5) is 0 Å². The van der Waals surface area contributed by atoms with Crippen molar-refractivity contribution < 1.29 is 4.74 Å². The highest BCUT2D eigenvalue weighted by atomic mass is 16.5. The van der Waals surface area contributed by atoms with E-state index in [2.05, 4.69) is 23.5 Å².